The number of carbonyl (C=O) groups is 1. The van der Waals surface area contributed by atoms with Crippen molar-refractivity contribution in [3.05, 3.63) is 64.7 Å². The van der Waals surface area contributed by atoms with Gasteiger partial charge in [-0.2, -0.15) is 0 Å². The monoisotopic (exact) mass is 396 g/mol. The van der Waals surface area contributed by atoms with Crippen molar-refractivity contribution in [2.45, 2.75) is 23.1 Å². The third-order valence-corrected chi connectivity index (χ3v) is 5.66. The van der Waals surface area contributed by atoms with Crippen molar-refractivity contribution in [3.63, 3.8) is 0 Å². The summed E-state index contributed by atoms with van der Waals surface area (Å²) in [5.41, 5.74) is 1.96. The van der Waals surface area contributed by atoms with E-state index in [0.29, 0.717) is 6.04 Å². The van der Waals surface area contributed by atoms with Gasteiger partial charge >= 0.3 is 0 Å². The van der Waals surface area contributed by atoms with E-state index in [9.17, 15) is 4.79 Å². The third kappa shape index (κ3) is 5.38. The summed E-state index contributed by atoms with van der Waals surface area (Å²) in [6.07, 6.45) is 1.03. The number of likely N-dealkylation sites (N-methyl/N-ethyl adjacent to an activating group) is 1. The summed E-state index contributed by atoms with van der Waals surface area (Å²) in [6, 6.07) is 16.1. The topological polar surface area (TPSA) is 32.3 Å². The summed E-state index contributed by atoms with van der Waals surface area (Å²) in [4.78, 5) is 15.6. The molecule has 6 heteroatoms. The van der Waals surface area contributed by atoms with Crippen LogP contribution in [-0.4, -0.2) is 37.0 Å². The van der Waals surface area contributed by atoms with Crippen LogP contribution < -0.4 is 5.32 Å². The number of nitrogens with zero attached hydrogens (tertiary/aromatic N) is 1. The zero-order valence-electron chi connectivity index (χ0n) is 14.1. The number of hydrogen-bond acceptors (Lipinski definition) is 3. The Labute approximate surface area is 164 Å². The largest absolute Gasteiger partial charge is 0.337 e. The quantitative estimate of drug-likeness (QED) is 0.755. The number of benzene rings is 2. The van der Waals surface area contributed by atoms with Gasteiger partial charge in [-0.25, -0.2) is 0 Å². The van der Waals surface area contributed by atoms with E-state index in [2.05, 4.69) is 5.32 Å². The number of amides is 1. The normalized spacial score (nSPS) is 16.3. The fraction of sp³-hybridized carbons (Fsp3) is 0.316. The number of nitrogens with one attached hydrogen (secondary N) is 1. The van der Waals surface area contributed by atoms with Crippen LogP contribution >= 0.6 is 35.8 Å². The van der Waals surface area contributed by atoms with Gasteiger partial charge in [0, 0.05) is 40.9 Å². The van der Waals surface area contributed by atoms with Crippen molar-refractivity contribution in [2.75, 3.05) is 20.1 Å². The highest BCUT2D eigenvalue weighted by Crippen LogP contribution is 2.24. The molecule has 1 amide bonds. The van der Waals surface area contributed by atoms with Crippen LogP contribution in [0.15, 0.2) is 53.4 Å². The minimum atomic E-state index is 0. The number of halogens is 2. The van der Waals surface area contributed by atoms with E-state index in [4.69, 9.17) is 11.6 Å². The lowest BCUT2D eigenvalue weighted by Gasteiger charge is -2.23. The molecule has 1 aliphatic heterocycles. The van der Waals surface area contributed by atoms with Crippen LogP contribution in [0.2, 0.25) is 5.02 Å². The molecule has 3 nitrogen and oxygen atoms in total. The highest BCUT2D eigenvalue weighted by molar-refractivity contribution is 7.98. The molecule has 0 saturated carbocycles. The van der Waals surface area contributed by atoms with Crippen LogP contribution in [0, 0.1) is 0 Å². The second kappa shape index (κ2) is 9.48. The van der Waals surface area contributed by atoms with Gasteiger partial charge in [0.2, 0.25) is 0 Å². The average Bonchev–Trinajstić information content (AvgIpc) is 3.15. The molecule has 1 aliphatic rings. The lowest BCUT2D eigenvalue weighted by molar-refractivity contribution is 0.0744. The maximum atomic E-state index is 12.5. The summed E-state index contributed by atoms with van der Waals surface area (Å²) < 4.78 is 0. The van der Waals surface area contributed by atoms with E-state index in [1.807, 2.05) is 60.5 Å². The molecular weight excluding hydrogens is 375 g/mol. The highest BCUT2D eigenvalue weighted by Gasteiger charge is 2.23. The van der Waals surface area contributed by atoms with Gasteiger partial charge in [0.05, 0.1) is 0 Å². The highest BCUT2D eigenvalue weighted by atomic mass is 35.5. The van der Waals surface area contributed by atoms with Crippen LogP contribution in [0.4, 0.5) is 0 Å². The molecule has 1 saturated heterocycles. The molecule has 25 heavy (non-hydrogen) atoms. The van der Waals surface area contributed by atoms with Crippen LogP contribution in [0.5, 0.6) is 0 Å². The summed E-state index contributed by atoms with van der Waals surface area (Å²) in [5, 5.41) is 4.05. The van der Waals surface area contributed by atoms with E-state index in [0.717, 1.165) is 35.8 Å². The molecule has 134 valence electrons. The number of rotatable bonds is 5. The predicted molar refractivity (Wildman–Crippen MR) is 108 cm³/mol. The molecule has 1 atom stereocenters. The molecule has 0 spiro atoms. The molecule has 1 heterocycles. The van der Waals surface area contributed by atoms with E-state index in [1.54, 1.807) is 11.8 Å². The molecule has 1 unspecified atom stereocenters. The Morgan fingerprint density at radius 3 is 2.48 bits per heavy atom. The lowest BCUT2D eigenvalue weighted by atomic mass is 10.1. The van der Waals surface area contributed by atoms with Gasteiger partial charge in [-0.3, -0.25) is 4.79 Å². The predicted octanol–water partition coefficient (Wildman–Crippen LogP) is 4.49. The maximum Gasteiger partial charge on any atom is 0.253 e. The first kappa shape index (κ1) is 20.1. The van der Waals surface area contributed by atoms with Gasteiger partial charge in [-0.1, -0.05) is 23.7 Å². The van der Waals surface area contributed by atoms with E-state index < -0.39 is 0 Å². The molecule has 0 radical (unpaired) electrons. The molecule has 0 bridgehead atoms. The van der Waals surface area contributed by atoms with Crippen LogP contribution in [-0.2, 0) is 5.75 Å². The Morgan fingerprint density at radius 2 is 1.88 bits per heavy atom. The Morgan fingerprint density at radius 1 is 1.20 bits per heavy atom. The first-order chi connectivity index (χ1) is 11.6. The summed E-state index contributed by atoms with van der Waals surface area (Å²) in [6.45, 7) is 1.88. The molecule has 3 rings (SSSR count). The molecular formula is C19H22Cl2N2OS. The van der Waals surface area contributed by atoms with E-state index in [1.165, 1.54) is 10.5 Å². The number of thioether (sulfide) groups is 1. The van der Waals surface area contributed by atoms with Crippen LogP contribution in [0.25, 0.3) is 0 Å². The van der Waals surface area contributed by atoms with Gasteiger partial charge in [0.15, 0.2) is 0 Å². The summed E-state index contributed by atoms with van der Waals surface area (Å²) in [5.74, 6) is 0.971. The molecule has 0 aromatic heterocycles. The molecule has 0 aliphatic carbocycles. The zero-order chi connectivity index (χ0) is 16.9. The van der Waals surface area contributed by atoms with E-state index in [-0.39, 0.29) is 18.3 Å². The lowest BCUT2D eigenvalue weighted by Crippen LogP contribution is -2.38. The Kier molecular flexibility index (Phi) is 7.63. The number of carbonyl (C=O) groups excluding carboxylic acids is 1. The van der Waals surface area contributed by atoms with Crippen molar-refractivity contribution < 1.29 is 4.79 Å². The first-order valence-electron chi connectivity index (χ1n) is 8.08. The van der Waals surface area contributed by atoms with Gasteiger partial charge in [0.1, 0.15) is 0 Å². The zero-order valence-corrected chi connectivity index (χ0v) is 16.5. The van der Waals surface area contributed by atoms with Gasteiger partial charge < -0.3 is 10.2 Å². The Balaban J connectivity index is 0.00000225. The second-order valence-electron chi connectivity index (χ2n) is 6.00. The average molecular weight is 397 g/mol. The SMILES string of the molecule is CN(C(=O)c1ccc(CSc2ccc(Cl)cc2)cc1)C1CCNC1.Cl. The van der Waals surface area contributed by atoms with Crippen molar-refractivity contribution >= 4 is 41.7 Å². The van der Waals surface area contributed by atoms with Crippen molar-refractivity contribution in [1.82, 2.24) is 10.2 Å². The minimum Gasteiger partial charge on any atom is -0.337 e. The summed E-state index contributed by atoms with van der Waals surface area (Å²) in [7, 11) is 1.89. The first-order valence-corrected chi connectivity index (χ1v) is 9.45. The Hall–Kier alpha value is -1.20. The molecule has 1 N–H and O–H groups in total. The fourth-order valence-electron chi connectivity index (χ4n) is 2.78. The van der Waals surface area contributed by atoms with Crippen molar-refractivity contribution in [3.8, 4) is 0 Å². The van der Waals surface area contributed by atoms with Crippen LogP contribution in [0.3, 0.4) is 0 Å². The summed E-state index contributed by atoms with van der Waals surface area (Å²) >= 11 is 7.66. The van der Waals surface area contributed by atoms with Crippen molar-refractivity contribution in [1.29, 1.82) is 0 Å². The van der Waals surface area contributed by atoms with Crippen LogP contribution in [0.1, 0.15) is 22.3 Å². The standard InChI is InChI=1S/C19H21ClN2OS.ClH/c1-22(17-10-11-21-12-17)19(23)15-4-2-14(3-5-15)13-24-18-8-6-16(20)7-9-18;/h2-9,17,21H,10-13H2,1H3;1H. The fourth-order valence-corrected chi connectivity index (χ4v) is 3.76. The molecule has 2 aromatic rings. The van der Waals surface area contributed by atoms with Gasteiger partial charge in [0.25, 0.3) is 5.91 Å². The molecule has 1 fully saturated rings. The van der Waals surface area contributed by atoms with E-state index >= 15 is 0 Å². The second-order valence-corrected chi connectivity index (χ2v) is 7.49. The van der Waals surface area contributed by atoms with Gasteiger partial charge in [-0.15, -0.1) is 24.2 Å². The minimum absolute atomic E-state index is 0. The Bertz CT molecular complexity index is 686. The number of hydrogen-bond donors (Lipinski definition) is 1. The smallest absolute Gasteiger partial charge is 0.253 e. The molecule has 2 aromatic carbocycles. The third-order valence-electron chi connectivity index (χ3n) is 4.32. The van der Waals surface area contributed by atoms with Gasteiger partial charge in [-0.05, 0) is 54.9 Å². The van der Waals surface area contributed by atoms with Crippen molar-refractivity contribution in [2.24, 2.45) is 0 Å². The maximum absolute atomic E-state index is 12.5.